The fraction of sp³-hybridized carbons (Fsp3) is 0.111. The Kier molecular flexibility index (Phi) is 5.76. The lowest BCUT2D eigenvalue weighted by Crippen LogP contribution is -1.99. The monoisotopic (exact) mass is 179 g/mol. The predicted molar refractivity (Wildman–Crippen MR) is 46.2 cm³/mol. The van der Waals surface area contributed by atoms with Gasteiger partial charge >= 0.3 is 5.97 Å². The van der Waals surface area contributed by atoms with Gasteiger partial charge in [-0.2, -0.15) is 0 Å². The van der Waals surface area contributed by atoms with E-state index >= 15 is 0 Å². The lowest BCUT2D eigenvalue weighted by molar-refractivity contribution is 0.0600. The Balaban J connectivity index is 0.000000424. The molecule has 0 aliphatic carbocycles. The predicted octanol–water partition coefficient (Wildman–Crippen LogP) is 1.37. The van der Waals surface area contributed by atoms with E-state index in [9.17, 15) is 4.79 Å². The summed E-state index contributed by atoms with van der Waals surface area (Å²) in [4.78, 5) is 19.1. The van der Waals surface area contributed by atoms with Crippen molar-refractivity contribution in [3.63, 3.8) is 0 Å². The van der Waals surface area contributed by atoms with E-state index in [4.69, 9.17) is 10.2 Å². The SMILES string of the molecule is COC(=O)c1ccccc1.N=C=O. The smallest absolute Gasteiger partial charge is 0.337 e. The molecule has 0 fully saturated rings. The number of benzene rings is 1. The summed E-state index contributed by atoms with van der Waals surface area (Å²) < 4.78 is 4.50. The zero-order valence-corrected chi connectivity index (χ0v) is 7.11. The average molecular weight is 179 g/mol. The summed E-state index contributed by atoms with van der Waals surface area (Å²) in [6.07, 6.45) is 0.750. The van der Waals surface area contributed by atoms with E-state index in [-0.39, 0.29) is 5.97 Å². The summed E-state index contributed by atoms with van der Waals surface area (Å²) in [6.45, 7) is 0. The van der Waals surface area contributed by atoms with Crippen LogP contribution >= 0.6 is 0 Å². The van der Waals surface area contributed by atoms with Crippen LogP contribution in [-0.2, 0) is 9.53 Å². The first-order chi connectivity index (χ1) is 6.26. The van der Waals surface area contributed by atoms with Crippen LogP contribution in [0.5, 0.6) is 0 Å². The van der Waals surface area contributed by atoms with Gasteiger partial charge in [0.25, 0.3) is 0 Å². The van der Waals surface area contributed by atoms with E-state index in [1.807, 2.05) is 6.07 Å². The van der Waals surface area contributed by atoms with Crippen molar-refractivity contribution in [2.24, 2.45) is 0 Å². The van der Waals surface area contributed by atoms with E-state index in [2.05, 4.69) is 4.74 Å². The van der Waals surface area contributed by atoms with Crippen LogP contribution in [0.25, 0.3) is 0 Å². The highest BCUT2D eigenvalue weighted by atomic mass is 16.5. The highest BCUT2D eigenvalue weighted by molar-refractivity contribution is 5.89. The molecule has 0 bridgehead atoms. The number of isocyanates is 1. The summed E-state index contributed by atoms with van der Waals surface area (Å²) >= 11 is 0. The third-order valence-electron chi connectivity index (χ3n) is 1.19. The second-order valence-electron chi connectivity index (χ2n) is 1.96. The molecular formula is C9H9NO3. The van der Waals surface area contributed by atoms with E-state index in [1.54, 1.807) is 24.3 Å². The van der Waals surface area contributed by atoms with Crippen molar-refractivity contribution in [3.05, 3.63) is 35.9 Å². The van der Waals surface area contributed by atoms with Gasteiger partial charge in [0.1, 0.15) is 0 Å². The number of hydrogen-bond acceptors (Lipinski definition) is 4. The Morgan fingerprint density at radius 3 is 2.23 bits per heavy atom. The van der Waals surface area contributed by atoms with Gasteiger partial charge in [-0.3, -0.25) is 0 Å². The summed E-state index contributed by atoms with van der Waals surface area (Å²) in [5, 5.41) is 5.40. The molecule has 0 radical (unpaired) electrons. The minimum Gasteiger partial charge on any atom is -0.465 e. The van der Waals surface area contributed by atoms with Crippen molar-refractivity contribution in [3.8, 4) is 0 Å². The van der Waals surface area contributed by atoms with Gasteiger partial charge in [-0.1, -0.05) is 18.2 Å². The Morgan fingerprint density at radius 2 is 1.85 bits per heavy atom. The van der Waals surface area contributed by atoms with Crippen LogP contribution < -0.4 is 0 Å². The van der Waals surface area contributed by atoms with Crippen molar-refractivity contribution in [1.82, 2.24) is 0 Å². The molecule has 0 aliphatic rings. The second kappa shape index (κ2) is 6.76. The largest absolute Gasteiger partial charge is 0.465 e. The van der Waals surface area contributed by atoms with Crippen molar-refractivity contribution in [2.45, 2.75) is 0 Å². The normalized spacial score (nSPS) is 7.46. The van der Waals surface area contributed by atoms with Crippen molar-refractivity contribution >= 4 is 12.0 Å². The molecule has 0 atom stereocenters. The summed E-state index contributed by atoms with van der Waals surface area (Å²) in [5.41, 5.74) is 0.588. The lowest BCUT2D eigenvalue weighted by atomic mass is 10.2. The maximum atomic E-state index is 10.8. The van der Waals surface area contributed by atoms with Gasteiger partial charge in [0.2, 0.25) is 6.08 Å². The lowest BCUT2D eigenvalue weighted by Gasteiger charge is -1.95. The molecule has 0 saturated carbocycles. The topological polar surface area (TPSA) is 67.2 Å². The molecule has 0 spiro atoms. The highest BCUT2D eigenvalue weighted by Crippen LogP contribution is 1.98. The maximum Gasteiger partial charge on any atom is 0.337 e. The minimum absolute atomic E-state index is 0.291. The fourth-order valence-electron chi connectivity index (χ4n) is 0.692. The molecule has 4 heteroatoms. The molecule has 68 valence electrons. The van der Waals surface area contributed by atoms with Gasteiger partial charge in [-0.25, -0.2) is 15.0 Å². The molecule has 1 aromatic carbocycles. The Morgan fingerprint density at radius 1 is 1.38 bits per heavy atom. The summed E-state index contributed by atoms with van der Waals surface area (Å²) in [5.74, 6) is -0.291. The van der Waals surface area contributed by atoms with E-state index in [0.717, 1.165) is 6.08 Å². The molecule has 0 amide bonds. The second-order valence-corrected chi connectivity index (χ2v) is 1.96. The molecule has 1 rings (SSSR count). The summed E-state index contributed by atoms with van der Waals surface area (Å²) in [7, 11) is 1.37. The van der Waals surface area contributed by atoms with Crippen LogP contribution in [0.3, 0.4) is 0 Å². The van der Waals surface area contributed by atoms with Crippen molar-refractivity contribution in [2.75, 3.05) is 7.11 Å². The highest BCUT2D eigenvalue weighted by Gasteiger charge is 2.00. The van der Waals surface area contributed by atoms with Gasteiger partial charge in [-0.15, -0.1) is 0 Å². The van der Waals surface area contributed by atoms with Crippen LogP contribution in [0, 0.1) is 5.41 Å². The number of carbonyl (C=O) groups excluding carboxylic acids is 2. The molecule has 13 heavy (non-hydrogen) atoms. The molecule has 0 aliphatic heterocycles. The number of hydrogen-bond donors (Lipinski definition) is 1. The first kappa shape index (κ1) is 11.1. The third-order valence-corrected chi connectivity index (χ3v) is 1.19. The first-order valence-electron chi connectivity index (χ1n) is 3.43. The zero-order valence-electron chi connectivity index (χ0n) is 7.11. The van der Waals surface area contributed by atoms with Gasteiger partial charge < -0.3 is 4.74 Å². The number of methoxy groups -OCH3 is 1. The minimum atomic E-state index is -0.291. The van der Waals surface area contributed by atoms with E-state index in [0.29, 0.717) is 5.56 Å². The molecule has 0 heterocycles. The number of rotatable bonds is 1. The number of nitrogens with one attached hydrogen (secondary N) is 1. The zero-order chi connectivity index (χ0) is 10.1. The quantitative estimate of drug-likeness (QED) is 0.402. The molecule has 4 nitrogen and oxygen atoms in total. The van der Waals surface area contributed by atoms with Crippen LogP contribution in [0.2, 0.25) is 0 Å². The molecule has 0 aromatic heterocycles. The van der Waals surface area contributed by atoms with Crippen molar-refractivity contribution in [1.29, 1.82) is 5.41 Å². The molecule has 1 N–H and O–H groups in total. The van der Waals surface area contributed by atoms with Gasteiger partial charge in [0, 0.05) is 0 Å². The average Bonchev–Trinajstić information content (AvgIpc) is 2.19. The van der Waals surface area contributed by atoms with Gasteiger partial charge in [-0.05, 0) is 12.1 Å². The van der Waals surface area contributed by atoms with E-state index < -0.39 is 0 Å². The fourth-order valence-corrected chi connectivity index (χ4v) is 0.692. The molecule has 0 saturated heterocycles. The van der Waals surface area contributed by atoms with Crippen LogP contribution in [-0.4, -0.2) is 19.2 Å². The number of carbonyl (C=O) groups is 1. The third kappa shape index (κ3) is 4.50. The van der Waals surface area contributed by atoms with Gasteiger partial charge in [0.05, 0.1) is 12.7 Å². The standard InChI is InChI=1S/C8H8O2.CHNO/c1-10-8(9)7-5-3-2-4-6-7;2-1-3/h2-6H,1H3;2H. The van der Waals surface area contributed by atoms with Crippen LogP contribution in [0.4, 0.5) is 0 Å². The van der Waals surface area contributed by atoms with Gasteiger partial charge in [0.15, 0.2) is 0 Å². The Hall–Kier alpha value is -1.93. The maximum absolute atomic E-state index is 10.8. The molecule has 1 aromatic rings. The van der Waals surface area contributed by atoms with E-state index in [1.165, 1.54) is 7.11 Å². The number of ether oxygens (including phenoxy) is 1. The summed E-state index contributed by atoms with van der Waals surface area (Å²) in [6, 6.07) is 8.88. The Bertz CT molecular complexity index is 289. The first-order valence-corrected chi connectivity index (χ1v) is 3.43. The Labute approximate surface area is 75.7 Å². The number of esters is 1. The van der Waals surface area contributed by atoms with Crippen LogP contribution in [0.1, 0.15) is 10.4 Å². The molecular weight excluding hydrogens is 170 g/mol. The molecule has 0 unspecified atom stereocenters. The van der Waals surface area contributed by atoms with Crippen molar-refractivity contribution < 1.29 is 14.3 Å². The van der Waals surface area contributed by atoms with Crippen LogP contribution in [0.15, 0.2) is 30.3 Å².